The van der Waals surface area contributed by atoms with Crippen LogP contribution in [0.25, 0.3) is 0 Å². The average molecular weight is 508 g/mol. The molecule has 1 aliphatic heterocycles. The molecule has 2 heterocycles. The van der Waals surface area contributed by atoms with E-state index in [2.05, 4.69) is 20.8 Å². The van der Waals surface area contributed by atoms with Gasteiger partial charge in [-0.1, -0.05) is 58.7 Å². The van der Waals surface area contributed by atoms with Gasteiger partial charge in [0.05, 0.1) is 6.04 Å². The summed E-state index contributed by atoms with van der Waals surface area (Å²) in [4.78, 5) is 42.4. The van der Waals surface area contributed by atoms with Crippen molar-refractivity contribution in [1.29, 1.82) is 0 Å². The molecule has 0 spiro atoms. The monoisotopic (exact) mass is 507 g/mol. The van der Waals surface area contributed by atoms with E-state index >= 15 is 0 Å². The molecule has 1 aromatic rings. The average Bonchev–Trinajstić information content (AvgIpc) is 3.30. The minimum absolute atomic E-state index is 0.0301. The lowest BCUT2D eigenvalue weighted by Crippen LogP contribution is -2.63. The molecule has 1 aliphatic carbocycles. The Kier molecular flexibility index (Phi) is 9.75. The van der Waals surface area contributed by atoms with E-state index in [1.54, 1.807) is 11.9 Å². The van der Waals surface area contributed by atoms with Gasteiger partial charge in [-0.3, -0.25) is 14.4 Å². The second-order valence-corrected chi connectivity index (χ2v) is 12.1. The molecule has 1 atom stereocenters. The fourth-order valence-electron chi connectivity index (χ4n) is 5.11. The van der Waals surface area contributed by atoms with Crippen LogP contribution in [-0.2, 0) is 9.59 Å². The minimum atomic E-state index is -0.941. The number of Topliss-reactive ketones (excluding diaryl/α,β-unsaturated/α-hetero) is 1. The van der Waals surface area contributed by atoms with Gasteiger partial charge in [0.15, 0.2) is 0 Å². The normalized spacial score (nSPS) is 19.5. The zero-order chi connectivity index (χ0) is 25.6. The van der Waals surface area contributed by atoms with Crippen LogP contribution in [-0.4, -0.2) is 69.7 Å². The number of carbonyl (C=O) groups excluding carboxylic acids is 3. The summed E-state index contributed by atoms with van der Waals surface area (Å²) >= 11 is 1.39. The van der Waals surface area contributed by atoms with Gasteiger partial charge in [-0.2, -0.15) is 0 Å². The van der Waals surface area contributed by atoms with E-state index in [1.807, 2.05) is 27.7 Å². The highest BCUT2D eigenvalue weighted by atomic mass is 32.2. The van der Waals surface area contributed by atoms with Crippen molar-refractivity contribution < 1.29 is 18.8 Å². The van der Waals surface area contributed by atoms with E-state index in [4.69, 9.17) is 4.42 Å². The van der Waals surface area contributed by atoms with Crippen LogP contribution < -0.4 is 10.6 Å². The summed E-state index contributed by atoms with van der Waals surface area (Å²) in [6, 6.07) is -0.791. The number of piperidine rings is 1. The van der Waals surface area contributed by atoms with Crippen LogP contribution in [0.2, 0.25) is 0 Å². The Morgan fingerprint density at radius 1 is 1.11 bits per heavy atom. The number of hydrogen-bond donors (Lipinski definition) is 2. The molecule has 196 valence electrons. The Hall–Kier alpha value is -1.94. The largest absolute Gasteiger partial charge is 0.408 e. The fraction of sp³-hybridized carbons (Fsp3) is 0.800. The van der Waals surface area contributed by atoms with Gasteiger partial charge in [-0.15, -0.1) is 10.2 Å². The van der Waals surface area contributed by atoms with Gasteiger partial charge >= 0.3 is 0 Å². The van der Waals surface area contributed by atoms with Crippen molar-refractivity contribution in [1.82, 2.24) is 25.7 Å². The SMILES string of the molecule is CC(C)CC(NC(=O)C1(N(C)C(=O)C2CCNCC2)CCCCC1)C(=O)c1nnc(SC(C)C)o1. The third kappa shape index (κ3) is 6.84. The maximum Gasteiger partial charge on any atom is 0.286 e. The number of aromatic nitrogens is 2. The van der Waals surface area contributed by atoms with Crippen LogP contribution in [0.4, 0.5) is 0 Å². The van der Waals surface area contributed by atoms with Crippen LogP contribution >= 0.6 is 11.8 Å². The lowest BCUT2D eigenvalue weighted by molar-refractivity contribution is -0.152. The zero-order valence-corrected chi connectivity index (χ0v) is 22.6. The van der Waals surface area contributed by atoms with E-state index < -0.39 is 11.6 Å². The number of nitrogens with zero attached hydrogens (tertiary/aromatic N) is 3. The van der Waals surface area contributed by atoms with Crippen molar-refractivity contribution in [3.05, 3.63) is 5.89 Å². The molecule has 10 heteroatoms. The molecule has 2 aliphatic rings. The highest BCUT2D eigenvalue weighted by molar-refractivity contribution is 7.99. The molecule has 3 rings (SSSR count). The van der Waals surface area contributed by atoms with Crippen LogP contribution in [0, 0.1) is 11.8 Å². The van der Waals surface area contributed by atoms with E-state index in [9.17, 15) is 14.4 Å². The molecule has 1 saturated heterocycles. The quantitative estimate of drug-likeness (QED) is 0.365. The van der Waals surface area contributed by atoms with Gasteiger partial charge in [0.1, 0.15) is 5.54 Å². The lowest BCUT2D eigenvalue weighted by atomic mass is 9.78. The summed E-state index contributed by atoms with van der Waals surface area (Å²) in [5.74, 6) is -0.603. The van der Waals surface area contributed by atoms with Crippen molar-refractivity contribution in [3.8, 4) is 0 Å². The Bertz CT molecular complexity index is 875. The molecule has 1 unspecified atom stereocenters. The highest BCUT2D eigenvalue weighted by Gasteiger charge is 2.47. The predicted octanol–water partition coefficient (Wildman–Crippen LogP) is 3.44. The lowest BCUT2D eigenvalue weighted by Gasteiger charge is -2.45. The maximum absolute atomic E-state index is 13.9. The molecule has 0 radical (unpaired) electrons. The van der Waals surface area contributed by atoms with Gasteiger partial charge < -0.3 is 20.0 Å². The van der Waals surface area contributed by atoms with Gasteiger partial charge in [0, 0.05) is 18.2 Å². The zero-order valence-electron chi connectivity index (χ0n) is 21.8. The second kappa shape index (κ2) is 12.3. The molecule has 35 heavy (non-hydrogen) atoms. The first-order chi connectivity index (χ1) is 16.6. The Balaban J connectivity index is 1.81. The van der Waals surface area contributed by atoms with Gasteiger partial charge in [0.2, 0.25) is 17.6 Å². The first-order valence-corrected chi connectivity index (χ1v) is 13.9. The Morgan fingerprint density at radius 3 is 2.37 bits per heavy atom. The molecule has 2 fully saturated rings. The molecule has 1 saturated carbocycles. The third-order valence-electron chi connectivity index (χ3n) is 7.05. The Morgan fingerprint density at radius 2 is 1.77 bits per heavy atom. The molecule has 2 N–H and O–H groups in total. The van der Waals surface area contributed by atoms with Crippen molar-refractivity contribution in [2.24, 2.45) is 11.8 Å². The second-order valence-electron chi connectivity index (χ2n) is 10.6. The maximum atomic E-state index is 13.9. The highest BCUT2D eigenvalue weighted by Crippen LogP contribution is 2.35. The molecule has 0 bridgehead atoms. The van der Waals surface area contributed by atoms with Gasteiger partial charge in [-0.25, -0.2) is 0 Å². The van der Waals surface area contributed by atoms with Crippen molar-refractivity contribution in [2.45, 2.75) is 101 Å². The number of amides is 2. The molecule has 2 amide bonds. The van der Waals surface area contributed by atoms with Gasteiger partial charge in [0.25, 0.3) is 11.1 Å². The molecular weight excluding hydrogens is 466 g/mol. The summed E-state index contributed by atoms with van der Waals surface area (Å²) in [6.45, 7) is 9.64. The van der Waals surface area contributed by atoms with Gasteiger partial charge in [-0.05, 0) is 51.1 Å². The van der Waals surface area contributed by atoms with E-state index in [-0.39, 0.29) is 40.6 Å². The summed E-state index contributed by atoms with van der Waals surface area (Å²) in [5.41, 5.74) is -0.941. The summed E-state index contributed by atoms with van der Waals surface area (Å²) in [5, 5.41) is 14.8. The van der Waals surface area contributed by atoms with Crippen LogP contribution in [0.5, 0.6) is 0 Å². The molecule has 1 aromatic heterocycles. The number of ketones is 1. The fourth-order valence-corrected chi connectivity index (χ4v) is 5.73. The standard InChI is InChI=1S/C25H41N5O4S/c1-16(2)15-19(20(31)21-28-29-24(34-21)35-17(3)4)27-23(33)25(11-7-6-8-12-25)30(5)22(32)18-9-13-26-14-10-18/h16-19,26H,6-15H2,1-5H3,(H,27,33). The molecule has 9 nitrogen and oxygen atoms in total. The molecule has 0 aromatic carbocycles. The third-order valence-corrected chi connectivity index (χ3v) is 7.89. The predicted molar refractivity (Wildman–Crippen MR) is 135 cm³/mol. The van der Waals surface area contributed by atoms with Crippen LogP contribution in [0.15, 0.2) is 9.64 Å². The van der Waals surface area contributed by atoms with Crippen LogP contribution in [0.1, 0.15) is 89.7 Å². The van der Waals surface area contributed by atoms with E-state index in [1.165, 1.54) is 11.8 Å². The number of likely N-dealkylation sites (N-methyl/N-ethyl adjacent to an activating group) is 1. The number of thioether (sulfide) groups is 1. The first kappa shape index (κ1) is 27.6. The van der Waals surface area contributed by atoms with E-state index in [0.717, 1.165) is 45.2 Å². The van der Waals surface area contributed by atoms with Crippen LogP contribution in [0.3, 0.4) is 0 Å². The first-order valence-electron chi connectivity index (χ1n) is 13.0. The number of hydrogen-bond acceptors (Lipinski definition) is 8. The smallest absolute Gasteiger partial charge is 0.286 e. The number of nitrogens with one attached hydrogen (secondary N) is 2. The minimum Gasteiger partial charge on any atom is -0.408 e. The van der Waals surface area contributed by atoms with Crippen molar-refractivity contribution in [2.75, 3.05) is 20.1 Å². The summed E-state index contributed by atoms with van der Waals surface area (Å²) in [6.07, 6.45) is 6.00. The summed E-state index contributed by atoms with van der Waals surface area (Å²) in [7, 11) is 1.77. The van der Waals surface area contributed by atoms with E-state index in [0.29, 0.717) is 24.5 Å². The number of rotatable bonds is 10. The van der Waals surface area contributed by atoms with Crippen molar-refractivity contribution >= 4 is 29.4 Å². The molecular formula is C25H41N5O4S. The summed E-state index contributed by atoms with van der Waals surface area (Å²) < 4.78 is 5.61. The topological polar surface area (TPSA) is 117 Å². The number of carbonyl (C=O) groups is 3. The Labute approximate surface area is 212 Å². The van der Waals surface area contributed by atoms with Crippen molar-refractivity contribution in [3.63, 3.8) is 0 Å².